The molecular formula is C11H15N3O. The third-order valence-electron chi connectivity index (χ3n) is 3.40. The summed E-state index contributed by atoms with van der Waals surface area (Å²) in [5, 5.41) is 3.41. The van der Waals surface area contributed by atoms with Gasteiger partial charge in [-0.3, -0.25) is 0 Å². The quantitative estimate of drug-likeness (QED) is 0.709. The number of aryl methyl sites for hydroxylation is 1. The van der Waals surface area contributed by atoms with Crippen LogP contribution >= 0.6 is 0 Å². The van der Waals surface area contributed by atoms with E-state index in [9.17, 15) is 4.79 Å². The molecule has 0 spiro atoms. The van der Waals surface area contributed by atoms with Crippen molar-refractivity contribution < 1.29 is 0 Å². The SMILES string of the molecule is O=c1nc(C2CCCN2)c2c([nH]1)CCC2. The highest BCUT2D eigenvalue weighted by Crippen LogP contribution is 2.29. The number of nitrogens with zero attached hydrogens (tertiary/aromatic N) is 1. The predicted molar refractivity (Wildman–Crippen MR) is 56.9 cm³/mol. The summed E-state index contributed by atoms with van der Waals surface area (Å²) in [7, 11) is 0. The number of aromatic nitrogens is 2. The highest BCUT2D eigenvalue weighted by molar-refractivity contribution is 5.31. The van der Waals surface area contributed by atoms with Crippen molar-refractivity contribution in [2.24, 2.45) is 0 Å². The van der Waals surface area contributed by atoms with Crippen LogP contribution in [0.4, 0.5) is 0 Å². The molecule has 1 unspecified atom stereocenters. The number of hydrogen-bond acceptors (Lipinski definition) is 3. The molecule has 2 N–H and O–H groups in total. The molecule has 1 saturated heterocycles. The molecule has 0 bridgehead atoms. The van der Waals surface area contributed by atoms with Crippen molar-refractivity contribution in [2.75, 3.05) is 6.54 Å². The second kappa shape index (κ2) is 3.45. The number of rotatable bonds is 1. The maximum Gasteiger partial charge on any atom is 0.345 e. The first-order valence-electron chi connectivity index (χ1n) is 5.70. The first-order valence-corrected chi connectivity index (χ1v) is 5.70. The van der Waals surface area contributed by atoms with E-state index in [0.29, 0.717) is 6.04 Å². The van der Waals surface area contributed by atoms with E-state index in [0.717, 1.165) is 43.6 Å². The van der Waals surface area contributed by atoms with Gasteiger partial charge < -0.3 is 10.3 Å². The molecule has 1 aromatic heterocycles. The van der Waals surface area contributed by atoms with E-state index in [1.54, 1.807) is 0 Å². The normalized spacial score (nSPS) is 24.4. The lowest BCUT2D eigenvalue weighted by Gasteiger charge is -2.13. The maximum atomic E-state index is 11.4. The lowest BCUT2D eigenvalue weighted by Crippen LogP contribution is -2.23. The Morgan fingerprint density at radius 1 is 1.27 bits per heavy atom. The van der Waals surface area contributed by atoms with E-state index in [-0.39, 0.29) is 5.69 Å². The molecule has 0 radical (unpaired) electrons. The molecule has 0 aromatic carbocycles. The van der Waals surface area contributed by atoms with Crippen LogP contribution in [-0.2, 0) is 12.8 Å². The summed E-state index contributed by atoms with van der Waals surface area (Å²) in [6.07, 6.45) is 5.53. The van der Waals surface area contributed by atoms with Crippen molar-refractivity contribution in [2.45, 2.75) is 38.1 Å². The Morgan fingerprint density at radius 2 is 2.20 bits per heavy atom. The van der Waals surface area contributed by atoms with Gasteiger partial charge in [0, 0.05) is 5.69 Å². The van der Waals surface area contributed by atoms with Crippen molar-refractivity contribution in [3.8, 4) is 0 Å². The van der Waals surface area contributed by atoms with E-state index in [1.807, 2.05) is 0 Å². The lowest BCUT2D eigenvalue weighted by molar-refractivity contribution is 0.614. The van der Waals surface area contributed by atoms with Crippen molar-refractivity contribution >= 4 is 0 Å². The summed E-state index contributed by atoms with van der Waals surface area (Å²) in [4.78, 5) is 18.4. The van der Waals surface area contributed by atoms with E-state index >= 15 is 0 Å². The number of hydrogen-bond donors (Lipinski definition) is 2. The fraction of sp³-hybridized carbons (Fsp3) is 0.636. The molecule has 3 rings (SSSR count). The van der Waals surface area contributed by atoms with Gasteiger partial charge in [-0.25, -0.2) is 4.79 Å². The van der Waals surface area contributed by atoms with Crippen molar-refractivity contribution in [1.29, 1.82) is 0 Å². The fourth-order valence-electron chi connectivity index (χ4n) is 2.70. The molecule has 2 heterocycles. The highest BCUT2D eigenvalue weighted by Gasteiger charge is 2.25. The Balaban J connectivity index is 2.09. The van der Waals surface area contributed by atoms with Crippen LogP contribution in [0.1, 0.15) is 42.3 Å². The first kappa shape index (κ1) is 9.09. The molecule has 80 valence electrons. The molecule has 2 aliphatic rings. The average Bonchev–Trinajstić information content (AvgIpc) is 2.86. The molecule has 1 aromatic rings. The smallest absolute Gasteiger partial charge is 0.310 e. The summed E-state index contributed by atoms with van der Waals surface area (Å²) in [5.41, 5.74) is 3.26. The third-order valence-corrected chi connectivity index (χ3v) is 3.40. The van der Waals surface area contributed by atoms with Gasteiger partial charge >= 0.3 is 5.69 Å². The zero-order valence-electron chi connectivity index (χ0n) is 8.68. The molecule has 0 amide bonds. The standard InChI is InChI=1S/C11H15N3O/c15-11-13-8-4-1-3-7(8)10(14-11)9-5-2-6-12-9/h9,12H,1-6H2,(H,13,14,15). The predicted octanol–water partition coefficient (Wildman–Crippen LogP) is 0.683. The Bertz CT molecular complexity index is 432. The minimum atomic E-state index is -0.181. The van der Waals surface area contributed by atoms with Crippen LogP contribution in [0.3, 0.4) is 0 Å². The summed E-state index contributed by atoms with van der Waals surface area (Å²) in [6.45, 7) is 1.05. The molecule has 15 heavy (non-hydrogen) atoms. The second-order valence-corrected chi connectivity index (χ2v) is 4.39. The topological polar surface area (TPSA) is 57.8 Å². The number of H-pyrrole nitrogens is 1. The van der Waals surface area contributed by atoms with E-state index < -0.39 is 0 Å². The summed E-state index contributed by atoms with van der Waals surface area (Å²) < 4.78 is 0. The Morgan fingerprint density at radius 3 is 3.00 bits per heavy atom. The zero-order valence-corrected chi connectivity index (χ0v) is 8.68. The van der Waals surface area contributed by atoms with Crippen LogP contribution in [0, 0.1) is 0 Å². The van der Waals surface area contributed by atoms with Gasteiger partial charge in [0.1, 0.15) is 0 Å². The van der Waals surface area contributed by atoms with Crippen LogP contribution < -0.4 is 11.0 Å². The molecule has 1 fully saturated rings. The highest BCUT2D eigenvalue weighted by atomic mass is 16.1. The van der Waals surface area contributed by atoms with Crippen molar-refractivity contribution in [3.05, 3.63) is 27.4 Å². The zero-order chi connectivity index (χ0) is 10.3. The van der Waals surface area contributed by atoms with Gasteiger partial charge in [0.05, 0.1) is 11.7 Å². The third kappa shape index (κ3) is 1.49. The van der Waals surface area contributed by atoms with Gasteiger partial charge in [-0.1, -0.05) is 0 Å². The van der Waals surface area contributed by atoms with E-state index in [2.05, 4.69) is 15.3 Å². The minimum absolute atomic E-state index is 0.181. The van der Waals surface area contributed by atoms with Crippen molar-refractivity contribution in [1.82, 2.24) is 15.3 Å². The maximum absolute atomic E-state index is 11.4. The summed E-state index contributed by atoms with van der Waals surface area (Å²) in [5.74, 6) is 0. The molecule has 1 aliphatic heterocycles. The molecule has 1 aliphatic carbocycles. The summed E-state index contributed by atoms with van der Waals surface area (Å²) in [6, 6.07) is 0.319. The van der Waals surface area contributed by atoms with Gasteiger partial charge in [0.2, 0.25) is 0 Å². The van der Waals surface area contributed by atoms with Crippen LogP contribution in [-0.4, -0.2) is 16.5 Å². The van der Waals surface area contributed by atoms with E-state index in [1.165, 1.54) is 12.0 Å². The fourth-order valence-corrected chi connectivity index (χ4v) is 2.70. The monoisotopic (exact) mass is 205 g/mol. The van der Waals surface area contributed by atoms with Gasteiger partial charge in [0.25, 0.3) is 0 Å². The largest absolute Gasteiger partial charge is 0.345 e. The van der Waals surface area contributed by atoms with Crippen LogP contribution in [0.2, 0.25) is 0 Å². The average molecular weight is 205 g/mol. The summed E-state index contributed by atoms with van der Waals surface area (Å²) >= 11 is 0. The Hall–Kier alpha value is -1.16. The van der Waals surface area contributed by atoms with Gasteiger partial charge in [-0.15, -0.1) is 0 Å². The van der Waals surface area contributed by atoms with Crippen LogP contribution in [0.5, 0.6) is 0 Å². The number of fused-ring (bicyclic) bond motifs is 1. The first-order chi connectivity index (χ1) is 7.34. The number of aromatic amines is 1. The Kier molecular flexibility index (Phi) is 2.09. The minimum Gasteiger partial charge on any atom is -0.310 e. The van der Waals surface area contributed by atoms with Crippen molar-refractivity contribution in [3.63, 3.8) is 0 Å². The second-order valence-electron chi connectivity index (χ2n) is 4.39. The Labute approximate surface area is 88.1 Å². The molecule has 4 heteroatoms. The van der Waals surface area contributed by atoms with Crippen LogP contribution in [0.25, 0.3) is 0 Å². The van der Waals surface area contributed by atoms with E-state index in [4.69, 9.17) is 0 Å². The lowest BCUT2D eigenvalue weighted by atomic mass is 10.1. The molecule has 4 nitrogen and oxygen atoms in total. The van der Waals surface area contributed by atoms with Gasteiger partial charge in [-0.05, 0) is 44.2 Å². The van der Waals surface area contributed by atoms with Gasteiger partial charge in [0.15, 0.2) is 0 Å². The molecule has 1 atom stereocenters. The molecular weight excluding hydrogens is 190 g/mol. The number of nitrogens with one attached hydrogen (secondary N) is 2. The van der Waals surface area contributed by atoms with Crippen LogP contribution in [0.15, 0.2) is 4.79 Å². The van der Waals surface area contributed by atoms with Gasteiger partial charge in [-0.2, -0.15) is 4.98 Å². The molecule has 0 saturated carbocycles.